The van der Waals surface area contributed by atoms with Crippen molar-refractivity contribution in [1.82, 2.24) is 29.6 Å². The zero-order valence-corrected chi connectivity index (χ0v) is 25.9. The minimum atomic E-state index is -0.616. The number of nitrogens with one attached hydrogen (secondary N) is 2. The van der Waals surface area contributed by atoms with Gasteiger partial charge in [0.1, 0.15) is 6.04 Å². The average molecular weight is 599 g/mol. The van der Waals surface area contributed by atoms with Gasteiger partial charge in [0.05, 0.1) is 5.69 Å². The monoisotopic (exact) mass is 598 g/mol. The van der Waals surface area contributed by atoms with E-state index in [4.69, 9.17) is 0 Å². The Labute approximate surface area is 260 Å². The molecule has 2 N–H and O–H groups in total. The molecule has 2 aromatic carbocycles. The molecule has 3 saturated heterocycles. The minimum Gasteiger partial charge on any atom is -0.341 e. The van der Waals surface area contributed by atoms with Crippen molar-refractivity contribution in [3.8, 4) is 11.3 Å². The smallest absolute Gasteiger partial charge is 0.326 e. The van der Waals surface area contributed by atoms with Crippen molar-refractivity contribution in [2.24, 2.45) is 0 Å². The maximum Gasteiger partial charge on any atom is 0.326 e. The predicted octanol–water partition coefficient (Wildman–Crippen LogP) is 4.59. The lowest BCUT2D eigenvalue weighted by atomic mass is 9.98. The van der Waals surface area contributed by atoms with Crippen molar-refractivity contribution >= 4 is 11.9 Å². The number of likely N-dealkylation sites (tertiary alicyclic amines) is 3. The first kappa shape index (κ1) is 30.2. The number of carbonyl (C=O) groups excluding carboxylic acids is 2. The summed E-state index contributed by atoms with van der Waals surface area (Å²) in [6.07, 6.45) is 9.59. The van der Waals surface area contributed by atoms with Gasteiger partial charge < -0.3 is 25.0 Å². The molecule has 0 spiro atoms. The van der Waals surface area contributed by atoms with Gasteiger partial charge in [0.25, 0.3) is 0 Å². The van der Waals surface area contributed by atoms with Gasteiger partial charge in [-0.3, -0.25) is 9.36 Å². The molecule has 9 nitrogen and oxygen atoms in total. The number of hydrogen-bond acceptors (Lipinski definition) is 4. The zero-order valence-electron chi connectivity index (χ0n) is 25.9. The van der Waals surface area contributed by atoms with Gasteiger partial charge in [-0.05, 0) is 69.7 Å². The summed E-state index contributed by atoms with van der Waals surface area (Å²) in [7, 11) is 0. The molecule has 1 aromatic heterocycles. The molecule has 1 unspecified atom stereocenters. The van der Waals surface area contributed by atoms with Crippen LogP contribution in [0.1, 0.15) is 62.1 Å². The molecule has 9 heteroatoms. The minimum absolute atomic E-state index is 0.0131. The first-order valence-corrected chi connectivity index (χ1v) is 16.4. The normalized spacial score (nSPS) is 19.6. The van der Waals surface area contributed by atoms with Crippen molar-refractivity contribution < 1.29 is 9.59 Å². The number of piperidine rings is 3. The van der Waals surface area contributed by atoms with E-state index in [0.717, 1.165) is 48.3 Å². The molecule has 6 rings (SSSR count). The highest BCUT2D eigenvalue weighted by Gasteiger charge is 2.33. The SMILES string of the molecule is Cc1cccc(CC(NC(=O)N2CCC(n3cc(-c4ccccc4)[nH]c3=O)CC2)C(=O)N2CCC(N3CCCCC3)CC2)c1. The molecule has 0 bridgehead atoms. The topological polar surface area (TPSA) is 93.7 Å². The number of aromatic amines is 1. The van der Waals surface area contributed by atoms with Crippen molar-refractivity contribution in [3.63, 3.8) is 0 Å². The Balaban J connectivity index is 1.08. The number of aryl methyl sites for hydroxylation is 1. The van der Waals surface area contributed by atoms with Gasteiger partial charge >= 0.3 is 11.7 Å². The number of urea groups is 1. The van der Waals surface area contributed by atoms with Gasteiger partial charge in [0.15, 0.2) is 0 Å². The third-order valence-electron chi connectivity index (χ3n) is 9.78. The first-order valence-electron chi connectivity index (χ1n) is 16.4. The third kappa shape index (κ3) is 7.09. The summed E-state index contributed by atoms with van der Waals surface area (Å²) in [5, 5.41) is 3.13. The molecule has 0 radical (unpaired) electrons. The summed E-state index contributed by atoms with van der Waals surface area (Å²) >= 11 is 0. The van der Waals surface area contributed by atoms with Gasteiger partial charge in [-0.25, -0.2) is 9.59 Å². The van der Waals surface area contributed by atoms with E-state index in [1.165, 1.54) is 32.4 Å². The summed E-state index contributed by atoms with van der Waals surface area (Å²) in [4.78, 5) is 49.6. The molecule has 44 heavy (non-hydrogen) atoms. The predicted molar refractivity (Wildman–Crippen MR) is 173 cm³/mol. The van der Waals surface area contributed by atoms with Crippen LogP contribution in [0, 0.1) is 6.92 Å². The number of rotatable bonds is 7. The largest absolute Gasteiger partial charge is 0.341 e. The van der Waals surface area contributed by atoms with Crippen LogP contribution < -0.4 is 11.0 Å². The quantitative estimate of drug-likeness (QED) is 0.416. The van der Waals surface area contributed by atoms with E-state index in [0.29, 0.717) is 38.4 Å². The molecule has 3 fully saturated rings. The Bertz CT molecular complexity index is 1460. The number of benzene rings is 2. The van der Waals surface area contributed by atoms with E-state index in [9.17, 15) is 14.4 Å². The van der Waals surface area contributed by atoms with Crippen LogP contribution in [0.4, 0.5) is 4.79 Å². The molecule has 234 valence electrons. The maximum absolute atomic E-state index is 13.9. The molecular formula is C35H46N6O3. The Morgan fingerprint density at radius 1 is 0.841 bits per heavy atom. The second-order valence-corrected chi connectivity index (χ2v) is 12.8. The zero-order chi connectivity index (χ0) is 30.5. The van der Waals surface area contributed by atoms with Crippen LogP contribution in [0.3, 0.4) is 0 Å². The number of carbonyl (C=O) groups is 2. The van der Waals surface area contributed by atoms with E-state index >= 15 is 0 Å². The van der Waals surface area contributed by atoms with Gasteiger partial charge in [-0.2, -0.15) is 0 Å². The second-order valence-electron chi connectivity index (χ2n) is 12.8. The van der Waals surface area contributed by atoms with E-state index in [1.54, 1.807) is 9.47 Å². The van der Waals surface area contributed by atoms with Crippen LogP contribution in [0.5, 0.6) is 0 Å². The molecule has 0 saturated carbocycles. The van der Waals surface area contributed by atoms with E-state index in [1.807, 2.05) is 66.6 Å². The first-order chi connectivity index (χ1) is 21.4. The summed E-state index contributed by atoms with van der Waals surface area (Å²) in [6.45, 7) is 6.93. The lowest BCUT2D eigenvalue weighted by Gasteiger charge is -2.41. The molecule has 1 atom stereocenters. The summed E-state index contributed by atoms with van der Waals surface area (Å²) < 4.78 is 1.77. The number of H-pyrrole nitrogens is 1. The fourth-order valence-electron chi connectivity index (χ4n) is 7.26. The van der Waals surface area contributed by atoms with Crippen LogP contribution in [0.2, 0.25) is 0 Å². The Kier molecular flexibility index (Phi) is 9.50. The highest BCUT2D eigenvalue weighted by atomic mass is 16.2. The molecule has 4 heterocycles. The second kappa shape index (κ2) is 13.8. The fourth-order valence-corrected chi connectivity index (χ4v) is 7.26. The molecule has 3 aliphatic rings. The lowest BCUT2D eigenvalue weighted by Crippen LogP contribution is -2.56. The summed E-state index contributed by atoms with van der Waals surface area (Å²) in [5.74, 6) is 0.0131. The van der Waals surface area contributed by atoms with Crippen molar-refractivity contribution in [2.45, 2.75) is 76.4 Å². The molecule has 0 aliphatic carbocycles. The molecular weight excluding hydrogens is 552 g/mol. The van der Waals surface area contributed by atoms with E-state index in [2.05, 4.69) is 21.3 Å². The molecule has 3 aromatic rings. The highest BCUT2D eigenvalue weighted by molar-refractivity contribution is 5.87. The molecule has 3 aliphatic heterocycles. The highest BCUT2D eigenvalue weighted by Crippen LogP contribution is 2.25. The fraction of sp³-hybridized carbons (Fsp3) is 0.514. The van der Waals surface area contributed by atoms with Gasteiger partial charge in [0.2, 0.25) is 5.91 Å². The van der Waals surface area contributed by atoms with Gasteiger partial charge in [-0.1, -0.05) is 66.6 Å². The third-order valence-corrected chi connectivity index (χ3v) is 9.78. The van der Waals surface area contributed by atoms with Crippen LogP contribution in [0.15, 0.2) is 65.6 Å². The number of hydrogen-bond donors (Lipinski definition) is 2. The number of nitrogens with zero attached hydrogens (tertiary/aromatic N) is 4. The Morgan fingerprint density at radius 2 is 1.52 bits per heavy atom. The number of aromatic nitrogens is 2. The Morgan fingerprint density at radius 3 is 2.23 bits per heavy atom. The van der Waals surface area contributed by atoms with Crippen LogP contribution in [-0.2, 0) is 11.2 Å². The van der Waals surface area contributed by atoms with Crippen LogP contribution in [0.25, 0.3) is 11.3 Å². The maximum atomic E-state index is 13.9. The molecule has 3 amide bonds. The standard InChI is InChI=1S/C35H46N6O3/c1-26-9-8-10-27(23-26)24-31(33(42)39-19-13-29(14-20-39)38-17-6-3-7-18-38)36-34(43)40-21-15-30(16-22-40)41-25-32(37-35(41)44)28-11-4-2-5-12-28/h2,4-5,8-12,23,25,29-31H,3,6-7,13-22,24H2,1H3,(H,36,43)(H,37,44). The number of imidazole rings is 1. The summed E-state index contributed by atoms with van der Waals surface area (Å²) in [6, 6.07) is 17.8. The van der Waals surface area contributed by atoms with E-state index < -0.39 is 6.04 Å². The lowest BCUT2D eigenvalue weighted by molar-refractivity contribution is -0.134. The van der Waals surface area contributed by atoms with Gasteiger partial charge in [-0.15, -0.1) is 0 Å². The summed E-state index contributed by atoms with van der Waals surface area (Å²) in [5.41, 5.74) is 3.83. The van der Waals surface area contributed by atoms with Crippen molar-refractivity contribution in [3.05, 3.63) is 82.4 Å². The van der Waals surface area contributed by atoms with E-state index in [-0.39, 0.29) is 23.7 Å². The van der Waals surface area contributed by atoms with Crippen LogP contribution >= 0.6 is 0 Å². The average Bonchev–Trinajstić information content (AvgIpc) is 3.46. The van der Waals surface area contributed by atoms with Crippen LogP contribution in [-0.4, -0.2) is 87.5 Å². The van der Waals surface area contributed by atoms with Crippen molar-refractivity contribution in [2.75, 3.05) is 39.3 Å². The number of amides is 3. The Hall–Kier alpha value is -3.85. The van der Waals surface area contributed by atoms with Gasteiger partial charge in [0, 0.05) is 50.9 Å². The van der Waals surface area contributed by atoms with Crippen molar-refractivity contribution in [1.29, 1.82) is 0 Å².